The normalized spacial score (nSPS) is 16.6. The van der Waals surface area contributed by atoms with Gasteiger partial charge in [-0.15, -0.1) is 0 Å². The number of ether oxygens (including phenoxy) is 1. The molecule has 1 aliphatic heterocycles. The van der Waals surface area contributed by atoms with Crippen LogP contribution in [-0.4, -0.2) is 36.2 Å². The third-order valence-electron chi connectivity index (χ3n) is 3.10. The van der Waals surface area contributed by atoms with Gasteiger partial charge in [0.15, 0.2) is 0 Å². The first-order chi connectivity index (χ1) is 8.58. The highest BCUT2D eigenvalue weighted by Gasteiger charge is 2.18. The van der Waals surface area contributed by atoms with E-state index in [1.54, 1.807) is 6.07 Å². The summed E-state index contributed by atoms with van der Waals surface area (Å²) in [5.41, 5.74) is 5.74. The Morgan fingerprint density at radius 1 is 1.28 bits per heavy atom. The van der Waals surface area contributed by atoms with Gasteiger partial charge in [-0.05, 0) is 31.0 Å². The van der Waals surface area contributed by atoms with Crippen molar-refractivity contribution in [2.24, 2.45) is 0 Å². The summed E-state index contributed by atoms with van der Waals surface area (Å²) in [5, 5.41) is 13.0. The molecule has 1 aromatic carbocycles. The maximum absolute atomic E-state index is 11.0. The fourth-order valence-electron chi connectivity index (χ4n) is 1.89. The molecule has 6 heteroatoms. The molecular formula is C12H17N3O3. The lowest BCUT2D eigenvalue weighted by Crippen LogP contribution is -2.40. The summed E-state index contributed by atoms with van der Waals surface area (Å²) in [6, 6.07) is 3.43. The monoisotopic (exact) mass is 251 g/mol. The number of nitro benzene ring substituents is 1. The standard InChI is InChI=1S/C12H17N3O3/c1-9-7-11(12(15(16)17)8-10(9)2)13-14-3-5-18-6-4-14/h7-8,13H,3-6H2,1-2H3. The Kier molecular flexibility index (Phi) is 3.78. The highest BCUT2D eigenvalue weighted by Crippen LogP contribution is 2.28. The van der Waals surface area contributed by atoms with Gasteiger partial charge in [-0.1, -0.05) is 0 Å². The van der Waals surface area contributed by atoms with Crippen LogP contribution in [0.4, 0.5) is 11.4 Å². The lowest BCUT2D eigenvalue weighted by molar-refractivity contribution is -0.384. The maximum Gasteiger partial charge on any atom is 0.293 e. The summed E-state index contributed by atoms with van der Waals surface area (Å²) < 4.78 is 5.24. The van der Waals surface area contributed by atoms with E-state index < -0.39 is 0 Å². The minimum atomic E-state index is -0.352. The van der Waals surface area contributed by atoms with Crippen LogP contribution in [0.5, 0.6) is 0 Å². The molecule has 98 valence electrons. The summed E-state index contributed by atoms with van der Waals surface area (Å²) in [5.74, 6) is 0. The zero-order valence-electron chi connectivity index (χ0n) is 10.6. The number of nitro groups is 1. The highest BCUT2D eigenvalue weighted by molar-refractivity contribution is 5.64. The van der Waals surface area contributed by atoms with E-state index in [2.05, 4.69) is 5.43 Å². The molecule has 1 N–H and O–H groups in total. The largest absolute Gasteiger partial charge is 0.379 e. The molecule has 6 nitrogen and oxygen atoms in total. The minimum Gasteiger partial charge on any atom is -0.379 e. The molecular weight excluding hydrogens is 234 g/mol. The quantitative estimate of drug-likeness (QED) is 0.656. The van der Waals surface area contributed by atoms with E-state index in [9.17, 15) is 10.1 Å². The van der Waals surface area contributed by atoms with E-state index in [-0.39, 0.29) is 10.6 Å². The van der Waals surface area contributed by atoms with Gasteiger partial charge < -0.3 is 10.2 Å². The molecule has 0 saturated carbocycles. The fraction of sp³-hybridized carbons (Fsp3) is 0.500. The van der Waals surface area contributed by atoms with Crippen molar-refractivity contribution in [3.8, 4) is 0 Å². The van der Waals surface area contributed by atoms with Crippen molar-refractivity contribution in [3.05, 3.63) is 33.4 Å². The van der Waals surface area contributed by atoms with Gasteiger partial charge in [0.2, 0.25) is 0 Å². The van der Waals surface area contributed by atoms with Crippen LogP contribution in [0.2, 0.25) is 0 Å². The number of anilines is 1. The fourth-order valence-corrected chi connectivity index (χ4v) is 1.89. The van der Waals surface area contributed by atoms with Crippen LogP contribution in [0.1, 0.15) is 11.1 Å². The zero-order valence-corrected chi connectivity index (χ0v) is 10.6. The van der Waals surface area contributed by atoms with Crippen LogP contribution in [0.25, 0.3) is 0 Å². The molecule has 0 unspecified atom stereocenters. The molecule has 2 rings (SSSR count). The van der Waals surface area contributed by atoms with E-state index in [1.165, 1.54) is 0 Å². The Hall–Kier alpha value is -1.66. The van der Waals surface area contributed by atoms with Gasteiger partial charge >= 0.3 is 0 Å². The Labute approximate surface area is 106 Å². The predicted octanol–water partition coefficient (Wildman–Crippen LogP) is 1.87. The van der Waals surface area contributed by atoms with E-state index in [1.807, 2.05) is 24.9 Å². The number of aryl methyl sites for hydroxylation is 2. The summed E-state index contributed by atoms with van der Waals surface area (Å²) in [7, 11) is 0. The van der Waals surface area contributed by atoms with Crippen LogP contribution in [-0.2, 0) is 4.74 Å². The summed E-state index contributed by atoms with van der Waals surface area (Å²) in [4.78, 5) is 10.7. The summed E-state index contributed by atoms with van der Waals surface area (Å²) in [6.07, 6.45) is 0. The van der Waals surface area contributed by atoms with Crippen LogP contribution in [0.3, 0.4) is 0 Å². The molecule has 0 spiro atoms. The molecule has 1 aromatic rings. The van der Waals surface area contributed by atoms with E-state index in [0.717, 1.165) is 24.2 Å². The number of nitrogens with zero attached hydrogens (tertiary/aromatic N) is 2. The second kappa shape index (κ2) is 5.32. The molecule has 1 saturated heterocycles. The molecule has 18 heavy (non-hydrogen) atoms. The van der Waals surface area contributed by atoms with Crippen LogP contribution < -0.4 is 5.43 Å². The lowest BCUT2D eigenvalue weighted by Gasteiger charge is -2.28. The first-order valence-electron chi connectivity index (χ1n) is 5.93. The number of hydrazine groups is 1. The van der Waals surface area contributed by atoms with Crippen molar-refractivity contribution in [1.82, 2.24) is 5.01 Å². The number of hydrogen-bond donors (Lipinski definition) is 1. The van der Waals surface area contributed by atoms with E-state index in [4.69, 9.17) is 4.74 Å². The van der Waals surface area contributed by atoms with Crippen molar-refractivity contribution in [3.63, 3.8) is 0 Å². The lowest BCUT2D eigenvalue weighted by atomic mass is 10.1. The van der Waals surface area contributed by atoms with Gasteiger partial charge in [0.25, 0.3) is 5.69 Å². The van der Waals surface area contributed by atoms with Crippen LogP contribution in [0, 0.1) is 24.0 Å². The van der Waals surface area contributed by atoms with Crippen LogP contribution in [0.15, 0.2) is 12.1 Å². The average Bonchev–Trinajstić information content (AvgIpc) is 2.34. The number of benzene rings is 1. The topological polar surface area (TPSA) is 67.6 Å². The Balaban J connectivity index is 2.24. The smallest absolute Gasteiger partial charge is 0.293 e. The average molecular weight is 251 g/mol. The molecule has 0 bridgehead atoms. The molecule has 0 radical (unpaired) electrons. The van der Waals surface area contributed by atoms with Gasteiger partial charge in [-0.25, -0.2) is 5.01 Å². The third kappa shape index (κ3) is 2.77. The summed E-state index contributed by atoms with van der Waals surface area (Å²) >= 11 is 0. The molecule has 0 amide bonds. The highest BCUT2D eigenvalue weighted by atomic mass is 16.6. The Morgan fingerprint density at radius 3 is 2.50 bits per heavy atom. The van der Waals surface area contributed by atoms with Crippen molar-refractivity contribution in [1.29, 1.82) is 0 Å². The van der Waals surface area contributed by atoms with E-state index in [0.29, 0.717) is 18.9 Å². The van der Waals surface area contributed by atoms with Crippen molar-refractivity contribution < 1.29 is 9.66 Å². The molecule has 1 fully saturated rings. The second-order valence-electron chi connectivity index (χ2n) is 4.42. The molecule has 1 heterocycles. The van der Waals surface area contributed by atoms with Gasteiger partial charge in [0.05, 0.1) is 18.1 Å². The molecule has 1 aliphatic rings. The minimum absolute atomic E-state index is 0.115. The van der Waals surface area contributed by atoms with Gasteiger partial charge in [-0.3, -0.25) is 10.1 Å². The third-order valence-corrected chi connectivity index (χ3v) is 3.10. The van der Waals surface area contributed by atoms with Gasteiger partial charge in [0.1, 0.15) is 5.69 Å². The number of rotatable bonds is 3. The van der Waals surface area contributed by atoms with Crippen molar-refractivity contribution in [2.75, 3.05) is 31.7 Å². The number of hydrogen-bond acceptors (Lipinski definition) is 5. The van der Waals surface area contributed by atoms with Crippen LogP contribution >= 0.6 is 0 Å². The van der Waals surface area contributed by atoms with Crippen molar-refractivity contribution >= 4 is 11.4 Å². The second-order valence-corrected chi connectivity index (χ2v) is 4.42. The Morgan fingerprint density at radius 2 is 1.89 bits per heavy atom. The molecule has 0 aromatic heterocycles. The maximum atomic E-state index is 11.0. The van der Waals surface area contributed by atoms with Gasteiger partial charge in [-0.2, -0.15) is 0 Å². The number of morpholine rings is 1. The van der Waals surface area contributed by atoms with Gasteiger partial charge in [0, 0.05) is 19.2 Å². The van der Waals surface area contributed by atoms with E-state index >= 15 is 0 Å². The first-order valence-corrected chi connectivity index (χ1v) is 5.93. The predicted molar refractivity (Wildman–Crippen MR) is 68.6 cm³/mol. The number of nitrogens with one attached hydrogen (secondary N) is 1. The first kappa shape index (κ1) is 12.8. The molecule has 0 aliphatic carbocycles. The summed E-state index contributed by atoms with van der Waals surface area (Å²) in [6.45, 7) is 6.57. The van der Waals surface area contributed by atoms with Crippen molar-refractivity contribution in [2.45, 2.75) is 13.8 Å². The Bertz CT molecular complexity index is 456. The zero-order chi connectivity index (χ0) is 13.1. The molecule has 0 atom stereocenters. The SMILES string of the molecule is Cc1cc(NN2CCOCC2)c([N+](=O)[O-])cc1C.